The number of urea groups is 1. The van der Waals surface area contributed by atoms with Crippen molar-refractivity contribution in [3.05, 3.63) is 46.8 Å². The highest BCUT2D eigenvalue weighted by Gasteiger charge is 2.27. The number of hydrogen-bond acceptors (Lipinski definition) is 3. The van der Waals surface area contributed by atoms with Crippen LogP contribution in [-0.4, -0.2) is 39.7 Å². The third kappa shape index (κ3) is 3.48. The van der Waals surface area contributed by atoms with Gasteiger partial charge >= 0.3 is 6.03 Å². The molecule has 0 bridgehead atoms. The number of nitrogens with zero attached hydrogens (tertiary/aromatic N) is 3. The van der Waals surface area contributed by atoms with Crippen molar-refractivity contribution in [2.75, 3.05) is 18.4 Å². The van der Waals surface area contributed by atoms with Gasteiger partial charge in [0.15, 0.2) is 0 Å². The Bertz CT molecular complexity index is 898. The number of nitrogens with one attached hydrogen (secondary N) is 2. The van der Waals surface area contributed by atoms with Gasteiger partial charge in [-0.3, -0.25) is 9.48 Å². The van der Waals surface area contributed by atoms with Crippen LogP contribution in [0.25, 0.3) is 0 Å². The van der Waals surface area contributed by atoms with E-state index in [1.165, 1.54) is 5.69 Å². The highest BCUT2D eigenvalue weighted by molar-refractivity contribution is 6.04. The Morgan fingerprint density at radius 2 is 1.96 bits per heavy atom. The number of fused-ring (bicyclic) bond motifs is 1. The average Bonchev–Trinajstić information content (AvgIpc) is 3.33. The van der Waals surface area contributed by atoms with E-state index < -0.39 is 0 Å². The van der Waals surface area contributed by atoms with Crippen LogP contribution < -0.4 is 10.6 Å². The molecule has 3 amide bonds. The zero-order valence-corrected chi connectivity index (χ0v) is 16.5. The Kier molecular flexibility index (Phi) is 5.07. The Morgan fingerprint density at radius 1 is 1.18 bits per heavy atom. The van der Waals surface area contributed by atoms with E-state index in [9.17, 15) is 9.59 Å². The van der Waals surface area contributed by atoms with Gasteiger partial charge in [-0.1, -0.05) is 12.1 Å². The molecular weight excluding hydrogens is 354 g/mol. The molecule has 28 heavy (non-hydrogen) atoms. The molecule has 2 aliphatic rings. The van der Waals surface area contributed by atoms with Crippen molar-refractivity contribution in [1.29, 1.82) is 0 Å². The van der Waals surface area contributed by atoms with Crippen molar-refractivity contribution in [3.63, 3.8) is 0 Å². The average molecular weight is 381 g/mol. The number of hydrogen-bond donors (Lipinski definition) is 2. The Labute approximate surface area is 165 Å². The molecule has 0 saturated carbocycles. The first-order chi connectivity index (χ1) is 13.5. The molecule has 0 spiro atoms. The van der Waals surface area contributed by atoms with Gasteiger partial charge in [0.05, 0.1) is 23.5 Å². The zero-order valence-electron chi connectivity index (χ0n) is 16.5. The molecule has 7 nitrogen and oxygen atoms in total. The molecular formula is C21H27N5O2. The predicted molar refractivity (Wildman–Crippen MR) is 107 cm³/mol. The summed E-state index contributed by atoms with van der Waals surface area (Å²) >= 11 is 0. The molecule has 7 heteroatoms. The van der Waals surface area contributed by atoms with Crippen molar-refractivity contribution in [2.24, 2.45) is 7.05 Å². The number of aromatic nitrogens is 2. The lowest BCUT2D eigenvalue weighted by Crippen LogP contribution is -2.35. The maximum atomic E-state index is 13.0. The minimum absolute atomic E-state index is 0.00175. The van der Waals surface area contributed by atoms with Crippen molar-refractivity contribution in [3.8, 4) is 0 Å². The molecule has 1 aliphatic carbocycles. The number of amides is 3. The Balaban J connectivity index is 1.51. The van der Waals surface area contributed by atoms with Crippen molar-refractivity contribution >= 4 is 17.6 Å². The number of carbonyl (C=O) groups excluding carboxylic acids is 2. The van der Waals surface area contributed by atoms with Crippen LogP contribution in [0.5, 0.6) is 0 Å². The third-order valence-corrected chi connectivity index (χ3v) is 5.81. The second-order valence-corrected chi connectivity index (χ2v) is 7.71. The molecule has 2 N–H and O–H groups in total. The summed E-state index contributed by atoms with van der Waals surface area (Å²) in [4.78, 5) is 27.6. The molecule has 1 aromatic carbocycles. The monoisotopic (exact) mass is 381 g/mol. The van der Waals surface area contributed by atoms with Gasteiger partial charge in [0, 0.05) is 31.4 Å². The molecule has 1 aliphatic heterocycles. The van der Waals surface area contributed by atoms with Crippen LogP contribution in [0, 0.1) is 6.92 Å². The van der Waals surface area contributed by atoms with Crippen LogP contribution in [0.15, 0.2) is 24.4 Å². The van der Waals surface area contributed by atoms with Crippen LogP contribution in [0.2, 0.25) is 0 Å². The van der Waals surface area contributed by atoms with Crippen LogP contribution in [0.1, 0.15) is 58.9 Å². The topological polar surface area (TPSA) is 79.3 Å². The molecule has 148 valence electrons. The van der Waals surface area contributed by atoms with Crippen molar-refractivity contribution in [1.82, 2.24) is 20.0 Å². The lowest BCUT2D eigenvalue weighted by molar-refractivity contribution is 0.0793. The van der Waals surface area contributed by atoms with Crippen LogP contribution >= 0.6 is 0 Å². The Morgan fingerprint density at radius 3 is 2.75 bits per heavy atom. The fourth-order valence-corrected chi connectivity index (χ4v) is 4.31. The second-order valence-electron chi connectivity index (χ2n) is 7.71. The molecule has 0 radical (unpaired) electrons. The van der Waals surface area contributed by atoms with Crippen LogP contribution in [0.4, 0.5) is 10.5 Å². The van der Waals surface area contributed by atoms with Gasteiger partial charge in [0.25, 0.3) is 5.91 Å². The highest BCUT2D eigenvalue weighted by atomic mass is 16.2. The quantitative estimate of drug-likeness (QED) is 0.857. The number of rotatable bonds is 3. The van der Waals surface area contributed by atoms with Gasteiger partial charge in [-0.25, -0.2) is 4.79 Å². The molecule has 0 unspecified atom stereocenters. The fraction of sp³-hybridized carbons (Fsp3) is 0.476. The van der Waals surface area contributed by atoms with E-state index in [4.69, 9.17) is 0 Å². The van der Waals surface area contributed by atoms with E-state index in [1.807, 2.05) is 41.9 Å². The van der Waals surface area contributed by atoms with E-state index in [0.717, 1.165) is 56.3 Å². The highest BCUT2D eigenvalue weighted by Crippen LogP contribution is 2.29. The summed E-state index contributed by atoms with van der Waals surface area (Å²) in [5.41, 5.74) is 4.29. The largest absolute Gasteiger partial charge is 0.339 e. The number of anilines is 1. The molecule has 1 atom stereocenters. The second kappa shape index (κ2) is 7.66. The van der Waals surface area contributed by atoms with Gasteiger partial charge in [-0.05, 0) is 50.7 Å². The van der Waals surface area contributed by atoms with Gasteiger partial charge in [-0.2, -0.15) is 5.10 Å². The summed E-state index contributed by atoms with van der Waals surface area (Å²) in [6.45, 7) is 3.48. The number of likely N-dealkylation sites (tertiary alicyclic amines) is 1. The van der Waals surface area contributed by atoms with Crippen LogP contribution in [-0.2, 0) is 13.5 Å². The summed E-state index contributed by atoms with van der Waals surface area (Å²) in [6, 6.07) is 5.23. The summed E-state index contributed by atoms with van der Waals surface area (Å²) in [5, 5.41) is 10.3. The normalized spacial score (nSPS) is 18.6. The summed E-state index contributed by atoms with van der Waals surface area (Å²) in [6.07, 6.45) is 6.80. The molecule has 2 heterocycles. The van der Waals surface area contributed by atoms with E-state index in [-0.39, 0.29) is 18.0 Å². The Hall–Kier alpha value is -2.83. The molecule has 2 aromatic rings. The zero-order chi connectivity index (χ0) is 19.7. The SMILES string of the molecule is Cc1cccc(NC(=O)N[C@H]2CCCc3c2cnn3C)c1C(=O)N1CCCC1. The van der Waals surface area contributed by atoms with Gasteiger partial charge in [0.1, 0.15) is 0 Å². The summed E-state index contributed by atoms with van der Waals surface area (Å²) < 4.78 is 1.88. The lowest BCUT2D eigenvalue weighted by atomic mass is 9.93. The van der Waals surface area contributed by atoms with E-state index in [1.54, 1.807) is 6.07 Å². The first-order valence-electron chi connectivity index (χ1n) is 10.0. The van der Waals surface area contributed by atoms with Gasteiger partial charge in [0.2, 0.25) is 0 Å². The third-order valence-electron chi connectivity index (χ3n) is 5.81. The van der Waals surface area contributed by atoms with E-state index >= 15 is 0 Å². The number of aryl methyl sites for hydroxylation is 2. The standard InChI is InChI=1S/C21H27N5O2/c1-14-7-5-9-17(19(14)20(27)26-11-3-4-12-26)24-21(28)23-16-8-6-10-18-15(16)13-22-25(18)2/h5,7,9,13,16H,3-4,6,8,10-12H2,1-2H3,(H2,23,24,28)/t16-/m0/s1. The van der Waals surface area contributed by atoms with E-state index in [0.29, 0.717) is 11.3 Å². The molecule has 1 fully saturated rings. The summed E-state index contributed by atoms with van der Waals surface area (Å²) in [5.74, 6) is -0.00175. The van der Waals surface area contributed by atoms with Crippen molar-refractivity contribution < 1.29 is 9.59 Å². The molecule has 4 rings (SSSR count). The van der Waals surface area contributed by atoms with Crippen molar-refractivity contribution in [2.45, 2.75) is 45.1 Å². The number of benzene rings is 1. The smallest absolute Gasteiger partial charge is 0.319 e. The predicted octanol–water partition coefficient (Wildman–Crippen LogP) is 3.16. The first-order valence-corrected chi connectivity index (χ1v) is 10.0. The molecule has 1 aromatic heterocycles. The number of carbonyl (C=O) groups is 2. The minimum Gasteiger partial charge on any atom is -0.339 e. The van der Waals surface area contributed by atoms with Gasteiger partial charge in [-0.15, -0.1) is 0 Å². The maximum Gasteiger partial charge on any atom is 0.319 e. The lowest BCUT2D eigenvalue weighted by Gasteiger charge is -2.24. The van der Waals surface area contributed by atoms with E-state index in [2.05, 4.69) is 15.7 Å². The summed E-state index contributed by atoms with van der Waals surface area (Å²) in [7, 11) is 1.93. The maximum absolute atomic E-state index is 13.0. The van der Waals surface area contributed by atoms with Crippen LogP contribution in [0.3, 0.4) is 0 Å². The fourth-order valence-electron chi connectivity index (χ4n) is 4.31. The first kappa shape index (κ1) is 18.5. The minimum atomic E-state index is -0.289. The van der Waals surface area contributed by atoms with Gasteiger partial charge < -0.3 is 15.5 Å². The molecule has 1 saturated heterocycles.